The number of hydrogen-bond donors (Lipinski definition) is 0. The van der Waals surface area contributed by atoms with E-state index in [9.17, 15) is 9.18 Å². The molecule has 1 saturated heterocycles. The lowest BCUT2D eigenvalue weighted by Crippen LogP contribution is -2.49. The number of nitrogens with zero attached hydrogens (tertiary/aromatic N) is 2. The summed E-state index contributed by atoms with van der Waals surface area (Å²) in [6, 6.07) is 15.8. The summed E-state index contributed by atoms with van der Waals surface area (Å²) >= 11 is 0. The molecule has 1 aromatic heterocycles. The molecular formula is C20H17FN2O3. The topological polar surface area (TPSA) is 51.7 Å². The third kappa shape index (κ3) is 3.23. The Morgan fingerprint density at radius 2 is 2.00 bits per heavy atom. The third-order valence-electron chi connectivity index (χ3n) is 4.29. The molecule has 0 N–H and O–H groups in total. The number of morpholine rings is 1. The van der Waals surface area contributed by atoms with Gasteiger partial charge in [-0.2, -0.15) is 0 Å². The highest BCUT2D eigenvalue weighted by atomic mass is 19.1. The van der Waals surface area contributed by atoms with Gasteiger partial charge in [-0.05, 0) is 24.3 Å². The Balaban J connectivity index is 1.49. The maximum Gasteiger partial charge on any atom is 0.253 e. The Hall–Kier alpha value is -2.99. The van der Waals surface area contributed by atoms with Crippen molar-refractivity contribution in [3.63, 3.8) is 0 Å². The summed E-state index contributed by atoms with van der Waals surface area (Å²) in [5, 5.41) is 0.984. The number of pyridine rings is 1. The highest BCUT2D eigenvalue weighted by Gasteiger charge is 2.29. The zero-order valence-corrected chi connectivity index (χ0v) is 14.0. The summed E-state index contributed by atoms with van der Waals surface area (Å²) in [6.45, 7) is 0.377. The second kappa shape index (κ2) is 7.09. The minimum absolute atomic E-state index is 0.101. The second-order valence-corrected chi connectivity index (χ2v) is 6.03. The van der Waals surface area contributed by atoms with E-state index in [1.165, 1.54) is 11.0 Å². The maximum atomic E-state index is 14.0. The van der Waals surface area contributed by atoms with Crippen LogP contribution in [-0.4, -0.2) is 36.8 Å². The van der Waals surface area contributed by atoms with E-state index >= 15 is 0 Å². The quantitative estimate of drug-likeness (QED) is 0.724. The first-order valence-electron chi connectivity index (χ1n) is 8.35. The van der Waals surface area contributed by atoms with E-state index in [2.05, 4.69) is 4.98 Å². The summed E-state index contributed by atoms with van der Waals surface area (Å²) in [7, 11) is 0. The molecule has 1 aliphatic rings. The fraction of sp³-hybridized carbons (Fsp3) is 0.200. The molecule has 0 spiro atoms. The van der Waals surface area contributed by atoms with Gasteiger partial charge in [0.25, 0.3) is 5.91 Å². The predicted octanol–water partition coefficient (Wildman–Crippen LogP) is 3.18. The van der Waals surface area contributed by atoms with Gasteiger partial charge in [0.2, 0.25) is 0 Å². The molecule has 1 amide bonds. The average Bonchev–Trinajstić information content (AvgIpc) is 2.68. The van der Waals surface area contributed by atoms with Gasteiger partial charge in [-0.25, -0.2) is 4.39 Å². The number of halogens is 1. The van der Waals surface area contributed by atoms with E-state index in [1.807, 2.05) is 30.3 Å². The molecule has 1 aliphatic heterocycles. The molecule has 2 aromatic carbocycles. The van der Waals surface area contributed by atoms with E-state index in [4.69, 9.17) is 9.47 Å². The van der Waals surface area contributed by atoms with Crippen LogP contribution in [0.15, 0.2) is 60.8 Å². The molecule has 1 fully saturated rings. The van der Waals surface area contributed by atoms with E-state index in [-0.39, 0.29) is 37.5 Å². The number of benzene rings is 2. The molecular weight excluding hydrogens is 335 g/mol. The van der Waals surface area contributed by atoms with Gasteiger partial charge in [-0.15, -0.1) is 0 Å². The third-order valence-corrected chi connectivity index (χ3v) is 4.29. The number of para-hydroxylation sites is 2. The van der Waals surface area contributed by atoms with Crippen molar-refractivity contribution in [2.45, 2.75) is 6.10 Å². The van der Waals surface area contributed by atoms with Crippen molar-refractivity contribution in [1.82, 2.24) is 4.98 Å². The number of fused-ring (bicyclic) bond motifs is 1. The van der Waals surface area contributed by atoms with E-state index in [1.54, 1.807) is 24.4 Å². The zero-order chi connectivity index (χ0) is 17.9. The van der Waals surface area contributed by atoms with Crippen LogP contribution in [0.4, 0.5) is 10.1 Å². The van der Waals surface area contributed by atoms with Crippen LogP contribution in [-0.2, 0) is 9.53 Å². The summed E-state index contributed by atoms with van der Waals surface area (Å²) in [4.78, 5) is 17.9. The minimum atomic E-state index is -0.430. The fourth-order valence-electron chi connectivity index (χ4n) is 3.00. The predicted molar refractivity (Wildman–Crippen MR) is 95.7 cm³/mol. The average molecular weight is 352 g/mol. The lowest BCUT2D eigenvalue weighted by atomic mass is 10.2. The first kappa shape index (κ1) is 16.5. The molecule has 26 heavy (non-hydrogen) atoms. The van der Waals surface area contributed by atoms with Gasteiger partial charge < -0.3 is 14.4 Å². The molecule has 5 nitrogen and oxygen atoms in total. The Bertz CT molecular complexity index is 942. The lowest BCUT2D eigenvalue weighted by Gasteiger charge is -2.32. The first-order chi connectivity index (χ1) is 12.7. The molecule has 0 bridgehead atoms. The highest BCUT2D eigenvalue weighted by Crippen LogP contribution is 2.25. The van der Waals surface area contributed by atoms with Crippen molar-refractivity contribution in [2.24, 2.45) is 0 Å². The van der Waals surface area contributed by atoms with Gasteiger partial charge in [0, 0.05) is 11.6 Å². The smallest absolute Gasteiger partial charge is 0.253 e. The Labute approximate surface area is 150 Å². The number of aromatic nitrogens is 1. The van der Waals surface area contributed by atoms with Crippen LogP contribution in [0.3, 0.4) is 0 Å². The van der Waals surface area contributed by atoms with Crippen LogP contribution in [0.5, 0.6) is 5.75 Å². The van der Waals surface area contributed by atoms with Gasteiger partial charge in [0.05, 0.1) is 12.2 Å². The number of anilines is 1. The number of ether oxygens (including phenoxy) is 2. The van der Waals surface area contributed by atoms with Crippen molar-refractivity contribution in [3.8, 4) is 5.75 Å². The van der Waals surface area contributed by atoms with Gasteiger partial charge in [0.1, 0.15) is 36.4 Å². The van der Waals surface area contributed by atoms with Crippen molar-refractivity contribution in [1.29, 1.82) is 0 Å². The van der Waals surface area contributed by atoms with Gasteiger partial charge >= 0.3 is 0 Å². The molecule has 4 rings (SSSR count). The Morgan fingerprint density at radius 1 is 1.15 bits per heavy atom. The Morgan fingerprint density at radius 3 is 2.88 bits per heavy atom. The number of amides is 1. The number of carbonyl (C=O) groups excluding carboxylic acids is 1. The molecule has 2 heterocycles. The molecule has 1 unspecified atom stereocenters. The summed E-state index contributed by atoms with van der Waals surface area (Å²) in [5.41, 5.74) is 1.03. The van der Waals surface area contributed by atoms with E-state index in [0.29, 0.717) is 5.75 Å². The molecule has 6 heteroatoms. The van der Waals surface area contributed by atoms with Crippen molar-refractivity contribution in [3.05, 3.63) is 66.6 Å². The van der Waals surface area contributed by atoms with Crippen LogP contribution in [0.2, 0.25) is 0 Å². The highest BCUT2D eigenvalue weighted by molar-refractivity contribution is 5.95. The normalized spacial score (nSPS) is 17.5. The van der Waals surface area contributed by atoms with Crippen molar-refractivity contribution < 1.29 is 18.7 Å². The zero-order valence-electron chi connectivity index (χ0n) is 14.0. The maximum absolute atomic E-state index is 14.0. The minimum Gasteiger partial charge on any atom is -0.489 e. The van der Waals surface area contributed by atoms with Crippen LogP contribution < -0.4 is 9.64 Å². The van der Waals surface area contributed by atoms with Crippen LogP contribution in [0.25, 0.3) is 10.9 Å². The van der Waals surface area contributed by atoms with Crippen LogP contribution in [0.1, 0.15) is 0 Å². The number of rotatable bonds is 4. The largest absolute Gasteiger partial charge is 0.489 e. The molecule has 0 radical (unpaired) electrons. The van der Waals surface area contributed by atoms with Crippen LogP contribution in [0, 0.1) is 5.82 Å². The molecule has 1 atom stereocenters. The number of carbonyl (C=O) groups is 1. The molecule has 132 valence electrons. The van der Waals surface area contributed by atoms with Gasteiger partial charge in [-0.1, -0.05) is 30.3 Å². The fourth-order valence-corrected chi connectivity index (χ4v) is 3.00. The Kier molecular flexibility index (Phi) is 4.50. The van der Waals surface area contributed by atoms with Crippen molar-refractivity contribution >= 4 is 22.5 Å². The molecule has 0 saturated carbocycles. The summed E-state index contributed by atoms with van der Waals surface area (Å²) < 4.78 is 25.5. The summed E-state index contributed by atoms with van der Waals surface area (Å²) in [5.74, 6) is -0.0418. The van der Waals surface area contributed by atoms with Crippen molar-refractivity contribution in [2.75, 3.05) is 24.7 Å². The first-order valence-corrected chi connectivity index (χ1v) is 8.35. The molecule has 0 aliphatic carbocycles. The molecule has 3 aromatic rings. The lowest BCUT2D eigenvalue weighted by molar-refractivity contribution is -0.130. The monoisotopic (exact) mass is 352 g/mol. The second-order valence-electron chi connectivity index (χ2n) is 6.03. The standard InChI is InChI=1S/C20H17FN2O3/c21-16-7-1-2-8-17(16)23-11-15(25-13-19(23)24)12-26-18-9-3-5-14-6-4-10-22-20(14)18/h1-10,15H,11-13H2. The number of hydrogen-bond acceptors (Lipinski definition) is 4. The summed E-state index contributed by atoms with van der Waals surface area (Å²) in [6.07, 6.45) is 1.36. The van der Waals surface area contributed by atoms with Gasteiger partial charge in [-0.3, -0.25) is 9.78 Å². The van der Waals surface area contributed by atoms with Gasteiger partial charge in [0.15, 0.2) is 0 Å². The van der Waals surface area contributed by atoms with E-state index in [0.717, 1.165) is 10.9 Å². The SMILES string of the molecule is O=C1COC(COc2cccc3cccnc23)CN1c1ccccc1F. The van der Waals surface area contributed by atoms with E-state index < -0.39 is 5.82 Å². The van der Waals surface area contributed by atoms with Crippen LogP contribution >= 0.6 is 0 Å².